The van der Waals surface area contributed by atoms with Crippen molar-refractivity contribution >= 4 is 42.0 Å². The van der Waals surface area contributed by atoms with Crippen LogP contribution in [0.4, 0.5) is 9.59 Å². The summed E-state index contributed by atoms with van der Waals surface area (Å²) in [5.41, 5.74) is 0.0829. The van der Waals surface area contributed by atoms with Crippen LogP contribution in [0.3, 0.4) is 0 Å². The Labute approximate surface area is 393 Å². The zero-order chi connectivity index (χ0) is 51.0. The van der Waals surface area contributed by atoms with E-state index in [1.54, 1.807) is 4.90 Å². The maximum absolute atomic E-state index is 13.9. The first-order valence-corrected chi connectivity index (χ1v) is 23.8. The topological polar surface area (TPSA) is 206 Å². The fourth-order valence-electron chi connectivity index (χ4n) is 6.48. The Morgan fingerprint density at radius 2 is 1.48 bits per heavy atom. The van der Waals surface area contributed by atoms with Crippen LogP contribution >= 0.6 is 0 Å². The van der Waals surface area contributed by atoms with E-state index in [0.717, 1.165) is 37.7 Å². The average molecular weight is 918 g/mol. The first kappa shape index (κ1) is 64.3. The molecule has 7 amide bonds. The molecule has 65 heavy (non-hydrogen) atoms. The normalized spacial score (nSPS) is 16.2. The minimum atomic E-state index is -0.992. The number of amides is 7. The Kier molecular flexibility index (Phi) is 34.1. The van der Waals surface area contributed by atoms with Crippen molar-refractivity contribution in [2.24, 2.45) is 16.2 Å². The molecule has 374 valence electrons. The van der Waals surface area contributed by atoms with Gasteiger partial charge in [-0.2, -0.15) is 0 Å². The first-order chi connectivity index (χ1) is 30.4. The lowest BCUT2D eigenvalue weighted by molar-refractivity contribution is -0.142. The number of nitrogens with one attached hydrogen (secondary N) is 5. The molecule has 0 aromatic heterocycles. The number of carbonyl (C=O) groups excluding carboxylic acids is 6. The number of piperidine rings is 1. The van der Waals surface area contributed by atoms with Crippen LogP contribution in [-0.2, 0) is 30.5 Å². The molecule has 2 saturated heterocycles. The first-order valence-electron chi connectivity index (χ1n) is 23.8. The number of hydrogen-bond donors (Lipinski definition) is 6. The number of carbonyl (C=O) groups is 7. The predicted molar refractivity (Wildman–Crippen MR) is 264 cm³/mol. The number of unbranched alkanes of at least 4 members (excludes halogenated alkanes) is 1. The molecule has 6 N–H and O–H groups in total. The van der Waals surface area contributed by atoms with E-state index in [2.05, 4.69) is 53.9 Å². The number of aldehydes is 1. The molecule has 15 heteroatoms. The molecule has 2 heterocycles. The minimum absolute atomic E-state index is 0.00616. The van der Waals surface area contributed by atoms with E-state index < -0.39 is 35.5 Å². The zero-order valence-electron chi connectivity index (χ0n) is 43.2. The van der Waals surface area contributed by atoms with Crippen molar-refractivity contribution in [1.82, 2.24) is 36.4 Å². The second kappa shape index (κ2) is 34.4. The van der Waals surface area contributed by atoms with Crippen LogP contribution in [0.2, 0.25) is 0 Å². The van der Waals surface area contributed by atoms with Gasteiger partial charge in [0.15, 0.2) is 0 Å². The van der Waals surface area contributed by atoms with Crippen LogP contribution < -0.4 is 26.6 Å². The third-order valence-electron chi connectivity index (χ3n) is 10.2. The zero-order valence-corrected chi connectivity index (χ0v) is 43.2. The number of carboxylic acid groups (broad SMARTS) is 1. The number of benzene rings is 1. The van der Waals surface area contributed by atoms with Crippen molar-refractivity contribution in [2.75, 3.05) is 26.2 Å². The molecule has 4 unspecified atom stereocenters. The van der Waals surface area contributed by atoms with Gasteiger partial charge in [-0.3, -0.25) is 24.0 Å². The van der Waals surface area contributed by atoms with Gasteiger partial charge in [-0.25, -0.2) is 9.59 Å². The van der Waals surface area contributed by atoms with Crippen molar-refractivity contribution in [3.05, 3.63) is 48.6 Å². The van der Waals surface area contributed by atoms with Crippen LogP contribution in [0.25, 0.3) is 0 Å². The Bertz CT molecular complexity index is 1540. The number of hydrogen-bond acceptors (Lipinski definition) is 7. The minimum Gasteiger partial charge on any atom is -0.465 e. The maximum Gasteiger partial charge on any atom is 0.404 e. The molecule has 3 rings (SSSR count). The SMILES string of the molecule is C=CCNC(=O)C=O.CC.CC.CC.CCCCC(C)NC(=O)C1CCCN1C(=O)C(NC(=O)NC(CN1CCC(C)(C)CC1=O)C(C)(C)C)C(C)(C)C.O=C(O)NCc1ccccc1. The van der Waals surface area contributed by atoms with Gasteiger partial charge in [0, 0.05) is 45.2 Å². The van der Waals surface area contributed by atoms with Crippen molar-refractivity contribution < 1.29 is 38.7 Å². The van der Waals surface area contributed by atoms with Gasteiger partial charge in [0.25, 0.3) is 5.91 Å². The van der Waals surface area contributed by atoms with E-state index in [9.17, 15) is 33.6 Å². The van der Waals surface area contributed by atoms with Crippen molar-refractivity contribution in [2.45, 2.75) is 186 Å². The predicted octanol–water partition coefficient (Wildman–Crippen LogP) is 8.47. The highest BCUT2D eigenvalue weighted by Crippen LogP contribution is 2.32. The summed E-state index contributed by atoms with van der Waals surface area (Å²) in [5, 5.41) is 21.9. The van der Waals surface area contributed by atoms with E-state index in [1.807, 2.05) is 125 Å². The average Bonchev–Trinajstić information content (AvgIpc) is 3.76. The number of urea groups is 1. The fraction of sp³-hybridized carbons (Fsp3) is 0.700. The molecule has 2 aliphatic heterocycles. The Morgan fingerprint density at radius 3 is 1.95 bits per heavy atom. The van der Waals surface area contributed by atoms with Gasteiger partial charge in [-0.1, -0.05) is 153 Å². The molecular formula is C50H91N7O8. The Hall–Kier alpha value is -4.95. The van der Waals surface area contributed by atoms with Gasteiger partial charge in [0.05, 0.1) is 6.04 Å². The fourth-order valence-corrected chi connectivity index (χ4v) is 6.48. The summed E-state index contributed by atoms with van der Waals surface area (Å²) in [6, 6.07) is 7.36. The number of rotatable bonds is 15. The van der Waals surface area contributed by atoms with Gasteiger partial charge in [-0.15, -0.1) is 6.58 Å². The molecular weight excluding hydrogens is 827 g/mol. The highest BCUT2D eigenvalue weighted by atomic mass is 16.4. The highest BCUT2D eigenvalue weighted by molar-refractivity contribution is 6.23. The second-order valence-corrected chi connectivity index (χ2v) is 18.3. The third kappa shape index (κ3) is 27.9. The summed E-state index contributed by atoms with van der Waals surface area (Å²) >= 11 is 0. The van der Waals surface area contributed by atoms with Crippen molar-refractivity contribution in [3.8, 4) is 0 Å². The largest absolute Gasteiger partial charge is 0.465 e. The maximum atomic E-state index is 13.9. The van der Waals surface area contributed by atoms with Gasteiger partial charge in [0.1, 0.15) is 12.1 Å². The standard InChI is InChI=1S/C31H57N5O4.C8H9NO2.C5H7NO2.3C2H6/c1-11-12-14-21(2)32-26(38)22-15-13-17-36(22)27(39)25(30(6,7)8)34-28(40)33-23(29(3,4)5)20-35-18-16-31(9,10)19-24(35)37;10-8(11)9-6-7-4-2-1-3-5-7;1-2-3-6-5(8)4-7;3*1-2/h21-23,25H,11-20H2,1-10H3,(H,32,38)(H2,33,34,40);1-5,9H,6H2,(H,10,11);2,4H,1,3H2,(H,6,8);3*1-2H3. The molecule has 0 radical (unpaired) electrons. The smallest absolute Gasteiger partial charge is 0.404 e. The summed E-state index contributed by atoms with van der Waals surface area (Å²) in [7, 11) is 0. The van der Waals surface area contributed by atoms with Crippen LogP contribution in [-0.4, -0.2) is 107 Å². The van der Waals surface area contributed by atoms with Gasteiger partial charge >= 0.3 is 12.1 Å². The van der Waals surface area contributed by atoms with Crippen LogP contribution in [0.1, 0.15) is 161 Å². The molecule has 15 nitrogen and oxygen atoms in total. The summed E-state index contributed by atoms with van der Waals surface area (Å²) in [5.74, 6) is -0.848. The Morgan fingerprint density at radius 1 is 0.892 bits per heavy atom. The monoisotopic (exact) mass is 918 g/mol. The lowest BCUT2D eigenvalue weighted by Crippen LogP contribution is -2.62. The van der Waals surface area contributed by atoms with Crippen LogP contribution in [0.15, 0.2) is 43.0 Å². The highest BCUT2D eigenvalue weighted by Gasteiger charge is 2.43. The van der Waals surface area contributed by atoms with Gasteiger partial charge in [0.2, 0.25) is 24.0 Å². The molecule has 0 bridgehead atoms. The molecule has 1 aromatic rings. The molecule has 0 spiro atoms. The molecule has 1 aromatic carbocycles. The summed E-state index contributed by atoms with van der Waals surface area (Å²) < 4.78 is 0. The molecule has 2 aliphatic rings. The van der Waals surface area contributed by atoms with E-state index in [1.165, 1.54) is 6.08 Å². The van der Waals surface area contributed by atoms with Crippen LogP contribution in [0, 0.1) is 16.2 Å². The second-order valence-electron chi connectivity index (χ2n) is 18.3. The van der Waals surface area contributed by atoms with Crippen molar-refractivity contribution in [3.63, 3.8) is 0 Å². The van der Waals surface area contributed by atoms with E-state index in [4.69, 9.17) is 5.11 Å². The van der Waals surface area contributed by atoms with E-state index >= 15 is 0 Å². The summed E-state index contributed by atoms with van der Waals surface area (Å²) in [6.45, 7) is 37.9. The van der Waals surface area contributed by atoms with Gasteiger partial charge < -0.3 is 41.5 Å². The molecule has 0 saturated carbocycles. The lowest BCUT2D eigenvalue weighted by atomic mass is 9.81. The lowest BCUT2D eigenvalue weighted by Gasteiger charge is -2.41. The van der Waals surface area contributed by atoms with Crippen LogP contribution in [0.5, 0.6) is 0 Å². The third-order valence-corrected chi connectivity index (χ3v) is 10.2. The Balaban J connectivity index is -0.00000125. The quantitative estimate of drug-likeness (QED) is 0.0570. The number of nitrogens with zero attached hydrogens (tertiary/aromatic N) is 2. The van der Waals surface area contributed by atoms with E-state index in [-0.39, 0.29) is 46.9 Å². The molecule has 2 fully saturated rings. The van der Waals surface area contributed by atoms with Crippen molar-refractivity contribution in [1.29, 1.82) is 0 Å². The molecule has 0 aliphatic carbocycles. The summed E-state index contributed by atoms with van der Waals surface area (Å²) in [4.78, 5) is 86.3. The van der Waals surface area contributed by atoms with E-state index in [0.29, 0.717) is 45.6 Å². The number of likely N-dealkylation sites (tertiary alicyclic amines) is 2. The molecule has 4 atom stereocenters. The summed E-state index contributed by atoms with van der Waals surface area (Å²) in [6.07, 6.45) is 6.54. The van der Waals surface area contributed by atoms with Gasteiger partial charge in [-0.05, 0) is 54.4 Å².